The van der Waals surface area contributed by atoms with Crippen molar-refractivity contribution in [3.63, 3.8) is 0 Å². The van der Waals surface area contributed by atoms with E-state index in [0.29, 0.717) is 24.3 Å². The summed E-state index contributed by atoms with van der Waals surface area (Å²) < 4.78 is 0. The summed E-state index contributed by atoms with van der Waals surface area (Å²) in [5, 5.41) is 8.45. The van der Waals surface area contributed by atoms with E-state index in [0.717, 1.165) is 16.9 Å². The molecule has 0 aliphatic carbocycles. The van der Waals surface area contributed by atoms with Crippen LogP contribution in [0.15, 0.2) is 36.5 Å². The molecule has 0 atom stereocenters. The molecule has 2 rings (SSSR count). The minimum atomic E-state index is -0.319. The van der Waals surface area contributed by atoms with E-state index in [1.54, 1.807) is 19.2 Å². The largest absolute Gasteiger partial charge is 0.362 e. The van der Waals surface area contributed by atoms with Crippen molar-refractivity contribution in [3.05, 3.63) is 47.7 Å². The first-order chi connectivity index (χ1) is 12.4. The molecule has 0 unspecified atom stereocenters. The Balaban J connectivity index is 2.02. The highest BCUT2D eigenvalue weighted by molar-refractivity contribution is 5.94. The molecule has 3 N–H and O–H groups in total. The van der Waals surface area contributed by atoms with Gasteiger partial charge in [0, 0.05) is 50.2 Å². The van der Waals surface area contributed by atoms with Gasteiger partial charge in [-0.3, -0.25) is 4.79 Å². The number of aryl methyl sites for hydroxylation is 1. The standard InChI is InChI=1S/C19H25N5O2/c1-5-17(25)22-15-9-8-13(2)16(11-15)23-19(26)21-12-14-7-6-10-20-18(14)24(3)4/h6-11H,5,12H2,1-4H3,(H,22,25)(H2,21,23,26). The molecule has 0 radical (unpaired) electrons. The third kappa shape index (κ3) is 5.20. The van der Waals surface area contributed by atoms with Crippen LogP contribution in [0.1, 0.15) is 24.5 Å². The van der Waals surface area contributed by atoms with E-state index in [4.69, 9.17) is 0 Å². The summed E-state index contributed by atoms with van der Waals surface area (Å²) >= 11 is 0. The molecule has 26 heavy (non-hydrogen) atoms. The van der Waals surface area contributed by atoms with E-state index in [1.807, 2.05) is 50.2 Å². The Morgan fingerprint density at radius 2 is 1.92 bits per heavy atom. The van der Waals surface area contributed by atoms with Gasteiger partial charge in [-0.15, -0.1) is 0 Å². The van der Waals surface area contributed by atoms with Gasteiger partial charge in [-0.1, -0.05) is 19.1 Å². The predicted molar refractivity (Wildman–Crippen MR) is 105 cm³/mol. The van der Waals surface area contributed by atoms with Crippen LogP contribution in [0, 0.1) is 6.92 Å². The van der Waals surface area contributed by atoms with Crippen LogP contribution < -0.4 is 20.9 Å². The average molecular weight is 355 g/mol. The number of nitrogens with one attached hydrogen (secondary N) is 3. The molecule has 1 heterocycles. The number of hydrogen-bond donors (Lipinski definition) is 3. The van der Waals surface area contributed by atoms with Crippen molar-refractivity contribution >= 4 is 29.1 Å². The number of amides is 3. The van der Waals surface area contributed by atoms with Crippen molar-refractivity contribution in [1.82, 2.24) is 10.3 Å². The van der Waals surface area contributed by atoms with E-state index in [2.05, 4.69) is 20.9 Å². The maximum atomic E-state index is 12.3. The Labute approximate surface area is 153 Å². The van der Waals surface area contributed by atoms with Gasteiger partial charge in [-0.05, 0) is 30.7 Å². The lowest BCUT2D eigenvalue weighted by atomic mass is 10.1. The normalized spacial score (nSPS) is 10.2. The molecule has 0 aliphatic rings. The number of hydrogen-bond acceptors (Lipinski definition) is 4. The topological polar surface area (TPSA) is 86.4 Å². The quantitative estimate of drug-likeness (QED) is 0.743. The van der Waals surface area contributed by atoms with Crippen molar-refractivity contribution < 1.29 is 9.59 Å². The van der Waals surface area contributed by atoms with Crippen LogP contribution in [0.4, 0.5) is 22.0 Å². The number of carbonyl (C=O) groups excluding carboxylic acids is 2. The van der Waals surface area contributed by atoms with Crippen molar-refractivity contribution in [2.75, 3.05) is 29.6 Å². The molecule has 7 heteroatoms. The SMILES string of the molecule is CCC(=O)Nc1ccc(C)c(NC(=O)NCc2cccnc2N(C)C)c1. The first-order valence-corrected chi connectivity index (χ1v) is 8.47. The first kappa shape index (κ1) is 19.2. The molecular formula is C19H25N5O2. The fraction of sp³-hybridized carbons (Fsp3) is 0.316. The van der Waals surface area contributed by atoms with Crippen LogP contribution in [0.5, 0.6) is 0 Å². The molecule has 7 nitrogen and oxygen atoms in total. The minimum Gasteiger partial charge on any atom is -0.362 e. The number of carbonyl (C=O) groups is 2. The number of benzene rings is 1. The second-order valence-corrected chi connectivity index (χ2v) is 6.12. The number of pyridine rings is 1. The Bertz CT molecular complexity index is 789. The number of nitrogens with zero attached hydrogens (tertiary/aromatic N) is 2. The fourth-order valence-electron chi connectivity index (χ4n) is 2.40. The fourth-order valence-corrected chi connectivity index (χ4v) is 2.40. The molecule has 2 aromatic rings. The van der Waals surface area contributed by atoms with E-state index in [-0.39, 0.29) is 11.9 Å². The first-order valence-electron chi connectivity index (χ1n) is 8.47. The van der Waals surface area contributed by atoms with E-state index in [9.17, 15) is 9.59 Å². The number of urea groups is 1. The molecular weight excluding hydrogens is 330 g/mol. The zero-order valence-electron chi connectivity index (χ0n) is 15.6. The molecule has 0 spiro atoms. The lowest BCUT2D eigenvalue weighted by molar-refractivity contribution is -0.115. The summed E-state index contributed by atoms with van der Waals surface area (Å²) in [5.74, 6) is 0.741. The predicted octanol–water partition coefficient (Wildman–Crippen LogP) is 3.13. The minimum absolute atomic E-state index is 0.0722. The molecule has 0 fully saturated rings. The molecule has 1 aromatic heterocycles. The van der Waals surface area contributed by atoms with Gasteiger partial charge < -0.3 is 20.9 Å². The zero-order valence-corrected chi connectivity index (χ0v) is 15.6. The maximum Gasteiger partial charge on any atom is 0.319 e. The van der Waals surface area contributed by atoms with Crippen LogP contribution in [-0.4, -0.2) is 31.0 Å². The van der Waals surface area contributed by atoms with Crippen molar-refractivity contribution in [2.24, 2.45) is 0 Å². The lowest BCUT2D eigenvalue weighted by Crippen LogP contribution is -2.29. The van der Waals surface area contributed by atoms with Crippen molar-refractivity contribution in [3.8, 4) is 0 Å². The molecule has 0 saturated carbocycles. The summed E-state index contributed by atoms with van der Waals surface area (Å²) in [6.07, 6.45) is 2.12. The van der Waals surface area contributed by atoms with E-state index < -0.39 is 0 Å². The van der Waals surface area contributed by atoms with Gasteiger partial charge in [0.1, 0.15) is 5.82 Å². The Morgan fingerprint density at radius 3 is 2.62 bits per heavy atom. The highest BCUT2D eigenvalue weighted by Crippen LogP contribution is 2.20. The Morgan fingerprint density at radius 1 is 1.15 bits per heavy atom. The average Bonchev–Trinajstić information content (AvgIpc) is 2.62. The van der Waals surface area contributed by atoms with Gasteiger partial charge in [0.25, 0.3) is 0 Å². The van der Waals surface area contributed by atoms with Crippen LogP contribution in [0.3, 0.4) is 0 Å². The molecule has 0 aliphatic heterocycles. The highest BCUT2D eigenvalue weighted by Gasteiger charge is 2.09. The number of aromatic nitrogens is 1. The van der Waals surface area contributed by atoms with Crippen molar-refractivity contribution in [2.45, 2.75) is 26.8 Å². The van der Waals surface area contributed by atoms with E-state index in [1.165, 1.54) is 0 Å². The Hall–Kier alpha value is -3.09. The van der Waals surface area contributed by atoms with Crippen LogP contribution >= 0.6 is 0 Å². The van der Waals surface area contributed by atoms with Gasteiger partial charge in [0.15, 0.2) is 0 Å². The number of rotatable bonds is 6. The maximum absolute atomic E-state index is 12.3. The van der Waals surface area contributed by atoms with Gasteiger partial charge in [0.2, 0.25) is 5.91 Å². The van der Waals surface area contributed by atoms with Crippen LogP contribution in [-0.2, 0) is 11.3 Å². The van der Waals surface area contributed by atoms with Gasteiger partial charge in [0.05, 0.1) is 0 Å². The lowest BCUT2D eigenvalue weighted by Gasteiger charge is -2.16. The third-order valence-electron chi connectivity index (χ3n) is 3.82. The summed E-state index contributed by atoms with van der Waals surface area (Å²) in [6, 6.07) is 8.86. The summed E-state index contributed by atoms with van der Waals surface area (Å²) in [7, 11) is 3.82. The molecule has 0 saturated heterocycles. The molecule has 138 valence electrons. The Kier molecular flexibility index (Phi) is 6.54. The summed E-state index contributed by atoms with van der Waals surface area (Å²) in [6.45, 7) is 4.04. The van der Waals surface area contributed by atoms with Crippen molar-refractivity contribution in [1.29, 1.82) is 0 Å². The third-order valence-corrected chi connectivity index (χ3v) is 3.82. The van der Waals surface area contributed by atoms with Gasteiger partial charge >= 0.3 is 6.03 Å². The summed E-state index contributed by atoms with van der Waals surface area (Å²) in [4.78, 5) is 30.0. The zero-order chi connectivity index (χ0) is 19.1. The molecule has 1 aromatic carbocycles. The van der Waals surface area contributed by atoms with E-state index >= 15 is 0 Å². The second-order valence-electron chi connectivity index (χ2n) is 6.12. The van der Waals surface area contributed by atoms with Gasteiger partial charge in [-0.2, -0.15) is 0 Å². The summed E-state index contributed by atoms with van der Waals surface area (Å²) in [5.41, 5.74) is 3.13. The van der Waals surface area contributed by atoms with Crippen LogP contribution in [0.2, 0.25) is 0 Å². The van der Waals surface area contributed by atoms with Gasteiger partial charge in [-0.25, -0.2) is 9.78 Å². The monoisotopic (exact) mass is 355 g/mol. The highest BCUT2D eigenvalue weighted by atomic mass is 16.2. The molecule has 3 amide bonds. The number of anilines is 3. The molecule has 0 bridgehead atoms. The smallest absolute Gasteiger partial charge is 0.319 e. The second kappa shape index (κ2) is 8.84. The van der Waals surface area contributed by atoms with Crippen LogP contribution in [0.25, 0.3) is 0 Å².